The van der Waals surface area contributed by atoms with E-state index in [1.807, 2.05) is 0 Å². The van der Waals surface area contributed by atoms with Crippen LogP contribution < -0.4 is 5.43 Å². The number of hydrogen-bond acceptors (Lipinski definition) is 6. The maximum atomic E-state index is 11.8. The number of phenolic OH excluding ortho intramolecular Hbond substituents is 1. The molecule has 1 amide bonds. The van der Waals surface area contributed by atoms with Gasteiger partial charge in [0, 0.05) is 16.1 Å². The van der Waals surface area contributed by atoms with Crippen LogP contribution in [0.3, 0.4) is 0 Å². The molecule has 0 saturated heterocycles. The molecule has 8 nitrogen and oxygen atoms in total. The number of carbonyl (C=O) groups is 1. The van der Waals surface area contributed by atoms with E-state index in [2.05, 4.69) is 26.5 Å². The van der Waals surface area contributed by atoms with Crippen LogP contribution in [-0.2, 0) is 0 Å². The Labute approximate surface area is 132 Å². The second-order valence-corrected chi connectivity index (χ2v) is 5.13. The minimum Gasteiger partial charge on any atom is -0.502 e. The van der Waals surface area contributed by atoms with Gasteiger partial charge < -0.3 is 9.52 Å². The topological polar surface area (TPSA) is 118 Å². The predicted octanol–water partition coefficient (Wildman–Crippen LogP) is 2.73. The molecule has 1 aromatic carbocycles. The van der Waals surface area contributed by atoms with E-state index in [-0.39, 0.29) is 5.56 Å². The van der Waals surface area contributed by atoms with E-state index in [4.69, 9.17) is 4.42 Å². The number of nitrogens with one attached hydrogen (secondary N) is 1. The molecule has 22 heavy (non-hydrogen) atoms. The zero-order chi connectivity index (χ0) is 16.3. The highest BCUT2D eigenvalue weighted by atomic mass is 79.9. The van der Waals surface area contributed by atoms with Gasteiger partial charge in [-0.05, 0) is 19.1 Å². The number of nitrogens with zero attached hydrogens (tertiary/aromatic N) is 2. The fourth-order valence-corrected chi connectivity index (χ4v) is 2.15. The van der Waals surface area contributed by atoms with Gasteiger partial charge in [0.2, 0.25) is 5.75 Å². The molecule has 1 heterocycles. The zero-order valence-corrected chi connectivity index (χ0v) is 12.8. The lowest BCUT2D eigenvalue weighted by molar-refractivity contribution is -0.385. The number of aryl methyl sites for hydroxylation is 1. The van der Waals surface area contributed by atoms with Crippen LogP contribution in [0.4, 0.5) is 5.69 Å². The van der Waals surface area contributed by atoms with E-state index in [1.165, 1.54) is 24.5 Å². The molecule has 2 aromatic rings. The van der Waals surface area contributed by atoms with Gasteiger partial charge in [0.25, 0.3) is 5.91 Å². The van der Waals surface area contributed by atoms with Crippen molar-refractivity contribution in [2.75, 3.05) is 0 Å². The van der Waals surface area contributed by atoms with Crippen molar-refractivity contribution in [2.24, 2.45) is 5.10 Å². The first-order valence-electron chi connectivity index (χ1n) is 5.94. The molecular weight excluding hydrogens is 358 g/mol. The summed E-state index contributed by atoms with van der Waals surface area (Å²) in [5.74, 6) is -0.592. The number of aromatic hydroxyl groups is 1. The van der Waals surface area contributed by atoms with Crippen molar-refractivity contribution in [3.05, 3.63) is 55.9 Å². The van der Waals surface area contributed by atoms with E-state index >= 15 is 0 Å². The second-order valence-electron chi connectivity index (χ2n) is 4.21. The van der Waals surface area contributed by atoms with Gasteiger partial charge in [-0.1, -0.05) is 15.9 Å². The van der Waals surface area contributed by atoms with Crippen molar-refractivity contribution in [3.63, 3.8) is 0 Å². The molecule has 0 fully saturated rings. The molecule has 2 rings (SSSR count). The minimum atomic E-state index is -0.717. The van der Waals surface area contributed by atoms with Gasteiger partial charge in [-0.25, -0.2) is 5.43 Å². The van der Waals surface area contributed by atoms with Crippen LogP contribution >= 0.6 is 15.9 Å². The third-order valence-electron chi connectivity index (χ3n) is 2.75. The first kappa shape index (κ1) is 15.7. The van der Waals surface area contributed by atoms with Crippen molar-refractivity contribution >= 4 is 33.7 Å². The zero-order valence-electron chi connectivity index (χ0n) is 11.2. The minimum absolute atomic E-state index is 0.0882. The van der Waals surface area contributed by atoms with Crippen molar-refractivity contribution in [1.29, 1.82) is 0 Å². The highest BCUT2D eigenvalue weighted by molar-refractivity contribution is 9.10. The van der Waals surface area contributed by atoms with E-state index in [0.29, 0.717) is 15.8 Å². The third-order valence-corrected chi connectivity index (χ3v) is 3.21. The van der Waals surface area contributed by atoms with Crippen LogP contribution in [0.2, 0.25) is 0 Å². The van der Waals surface area contributed by atoms with E-state index < -0.39 is 22.3 Å². The SMILES string of the molecule is Cc1occc1C(=O)NN=Cc1cc(Br)cc([N+](=O)[O-])c1O. The van der Waals surface area contributed by atoms with Gasteiger partial charge in [0.15, 0.2) is 0 Å². The van der Waals surface area contributed by atoms with Crippen LogP contribution in [0.1, 0.15) is 21.7 Å². The van der Waals surface area contributed by atoms with Gasteiger partial charge in [-0.15, -0.1) is 0 Å². The van der Waals surface area contributed by atoms with Gasteiger partial charge in [-0.2, -0.15) is 5.10 Å². The Kier molecular flexibility index (Phi) is 4.56. The number of carbonyl (C=O) groups excluding carboxylic acids is 1. The van der Waals surface area contributed by atoms with Crippen LogP contribution in [0, 0.1) is 17.0 Å². The summed E-state index contributed by atoms with van der Waals surface area (Å²) >= 11 is 3.10. The number of nitro benzene ring substituents is 1. The first-order chi connectivity index (χ1) is 10.4. The molecule has 2 N–H and O–H groups in total. The lowest BCUT2D eigenvalue weighted by Crippen LogP contribution is -2.17. The van der Waals surface area contributed by atoms with Gasteiger partial charge in [0.05, 0.1) is 23.0 Å². The van der Waals surface area contributed by atoms with Crippen LogP contribution in [0.15, 0.2) is 38.5 Å². The van der Waals surface area contributed by atoms with Gasteiger partial charge >= 0.3 is 5.69 Å². The quantitative estimate of drug-likeness (QED) is 0.489. The molecule has 0 atom stereocenters. The molecular formula is C13H10BrN3O5. The molecule has 0 unspecified atom stereocenters. The molecule has 0 aliphatic heterocycles. The fourth-order valence-electron chi connectivity index (χ4n) is 1.68. The number of hydrogen-bond donors (Lipinski definition) is 2. The number of nitro groups is 1. The average molecular weight is 368 g/mol. The number of furan rings is 1. The van der Waals surface area contributed by atoms with Gasteiger partial charge in [-0.3, -0.25) is 14.9 Å². The van der Waals surface area contributed by atoms with E-state index in [0.717, 1.165) is 6.21 Å². The maximum absolute atomic E-state index is 11.8. The standard InChI is InChI=1S/C13H10BrN3O5/c1-7-10(2-3-22-7)13(19)16-15-6-8-4-9(14)5-11(12(8)18)17(20)21/h2-6,18H,1H3,(H,16,19). The number of hydrazone groups is 1. The van der Waals surface area contributed by atoms with Crippen molar-refractivity contribution in [3.8, 4) is 5.75 Å². The summed E-state index contributed by atoms with van der Waals surface area (Å²) in [6, 6.07) is 4.09. The average Bonchev–Trinajstić information content (AvgIpc) is 2.88. The summed E-state index contributed by atoms with van der Waals surface area (Å²) < 4.78 is 5.39. The molecule has 0 saturated carbocycles. The van der Waals surface area contributed by atoms with Crippen molar-refractivity contribution < 1.29 is 19.2 Å². The normalized spacial score (nSPS) is 10.8. The molecule has 0 spiro atoms. The molecule has 0 aliphatic rings. The number of rotatable bonds is 4. The maximum Gasteiger partial charge on any atom is 0.312 e. The molecule has 0 bridgehead atoms. The van der Waals surface area contributed by atoms with Crippen molar-refractivity contribution in [1.82, 2.24) is 5.43 Å². The van der Waals surface area contributed by atoms with Crippen LogP contribution in [0.5, 0.6) is 5.75 Å². The summed E-state index contributed by atoms with van der Waals surface area (Å²) in [7, 11) is 0. The van der Waals surface area contributed by atoms with E-state index in [1.54, 1.807) is 6.92 Å². The Balaban J connectivity index is 2.19. The summed E-state index contributed by atoms with van der Waals surface area (Å²) in [6.07, 6.45) is 2.48. The second kappa shape index (κ2) is 6.39. The first-order valence-corrected chi connectivity index (χ1v) is 6.74. The molecule has 114 valence electrons. The molecule has 1 aromatic heterocycles. The number of benzene rings is 1. The Morgan fingerprint density at radius 1 is 1.55 bits per heavy atom. The van der Waals surface area contributed by atoms with E-state index in [9.17, 15) is 20.0 Å². The largest absolute Gasteiger partial charge is 0.502 e. The predicted molar refractivity (Wildman–Crippen MR) is 81.0 cm³/mol. The Morgan fingerprint density at radius 3 is 2.86 bits per heavy atom. The lowest BCUT2D eigenvalue weighted by atomic mass is 10.2. The Morgan fingerprint density at radius 2 is 2.27 bits per heavy atom. The summed E-state index contributed by atoms with van der Waals surface area (Å²) in [5, 5.41) is 24.3. The number of halogens is 1. The Hall–Kier alpha value is -2.68. The van der Waals surface area contributed by atoms with Crippen LogP contribution in [0.25, 0.3) is 0 Å². The number of phenols is 1. The van der Waals surface area contributed by atoms with Crippen molar-refractivity contribution in [2.45, 2.75) is 6.92 Å². The summed E-state index contributed by atoms with van der Waals surface area (Å²) in [5.41, 5.74) is 2.19. The number of amides is 1. The summed E-state index contributed by atoms with van der Waals surface area (Å²) in [6.45, 7) is 1.63. The monoisotopic (exact) mass is 367 g/mol. The third kappa shape index (κ3) is 3.31. The Bertz CT molecular complexity index is 769. The molecule has 0 radical (unpaired) electrons. The smallest absolute Gasteiger partial charge is 0.312 e. The van der Waals surface area contributed by atoms with Gasteiger partial charge in [0.1, 0.15) is 5.76 Å². The van der Waals surface area contributed by atoms with Crippen LogP contribution in [-0.4, -0.2) is 22.2 Å². The fraction of sp³-hybridized carbons (Fsp3) is 0.0769. The molecule has 0 aliphatic carbocycles. The highest BCUT2D eigenvalue weighted by Gasteiger charge is 2.17. The lowest BCUT2D eigenvalue weighted by Gasteiger charge is -2.02. The summed E-state index contributed by atoms with van der Waals surface area (Å²) in [4.78, 5) is 21.9. The highest BCUT2D eigenvalue weighted by Crippen LogP contribution is 2.32. The molecule has 9 heteroatoms.